The van der Waals surface area contributed by atoms with Crippen LogP contribution in [0.2, 0.25) is 0 Å². The number of carbonyl (C=O) groups is 1. The molecule has 110 valence electrons. The molecule has 0 spiro atoms. The van der Waals surface area contributed by atoms with E-state index in [1.807, 2.05) is 31.2 Å². The molecule has 0 aromatic heterocycles. The van der Waals surface area contributed by atoms with Gasteiger partial charge in [0.05, 0.1) is 18.8 Å². The molecule has 0 saturated carbocycles. The van der Waals surface area contributed by atoms with E-state index in [4.69, 9.17) is 14.6 Å². The summed E-state index contributed by atoms with van der Waals surface area (Å²) in [6.07, 6.45) is 0.727. The van der Waals surface area contributed by atoms with Crippen LogP contribution < -0.4 is 9.47 Å². The molecule has 4 heteroatoms. The summed E-state index contributed by atoms with van der Waals surface area (Å²) in [5, 5.41) is 8.89. The molecule has 0 unspecified atom stereocenters. The number of carboxylic acids is 1. The predicted molar refractivity (Wildman–Crippen MR) is 80.2 cm³/mol. The Morgan fingerprint density at radius 2 is 1.62 bits per heavy atom. The van der Waals surface area contributed by atoms with Gasteiger partial charge in [0.1, 0.15) is 11.5 Å². The highest BCUT2D eigenvalue weighted by Crippen LogP contribution is 2.14. The first-order chi connectivity index (χ1) is 10.1. The summed E-state index contributed by atoms with van der Waals surface area (Å²) >= 11 is 0. The first-order valence-electron chi connectivity index (χ1n) is 6.81. The molecular formula is C17H18O4. The minimum absolute atomic E-state index is 0.225. The number of hydrogen-bond acceptors (Lipinski definition) is 3. The van der Waals surface area contributed by atoms with Gasteiger partial charge in [-0.2, -0.15) is 0 Å². The topological polar surface area (TPSA) is 55.8 Å². The molecule has 4 nitrogen and oxygen atoms in total. The Balaban J connectivity index is 1.72. The van der Waals surface area contributed by atoms with Gasteiger partial charge >= 0.3 is 5.97 Å². The van der Waals surface area contributed by atoms with Gasteiger partial charge in [-0.25, -0.2) is 4.79 Å². The van der Waals surface area contributed by atoms with Gasteiger partial charge < -0.3 is 14.6 Å². The Hall–Kier alpha value is -2.49. The number of ether oxygens (including phenoxy) is 2. The second kappa shape index (κ2) is 7.33. The molecule has 0 saturated heterocycles. The number of rotatable bonds is 7. The van der Waals surface area contributed by atoms with Crippen LogP contribution in [0.5, 0.6) is 11.5 Å². The van der Waals surface area contributed by atoms with Crippen molar-refractivity contribution in [1.29, 1.82) is 0 Å². The van der Waals surface area contributed by atoms with Crippen LogP contribution in [0.1, 0.15) is 22.3 Å². The summed E-state index contributed by atoms with van der Waals surface area (Å²) in [5.74, 6) is 0.455. The summed E-state index contributed by atoms with van der Waals surface area (Å²) in [7, 11) is 0. The number of aryl methyl sites for hydroxylation is 1. The monoisotopic (exact) mass is 286 g/mol. The summed E-state index contributed by atoms with van der Waals surface area (Å²) in [6.45, 7) is 3.06. The van der Waals surface area contributed by atoms with E-state index in [0.717, 1.165) is 17.7 Å². The molecule has 0 atom stereocenters. The number of aromatic carboxylic acids is 1. The summed E-state index contributed by atoms with van der Waals surface area (Å²) in [4.78, 5) is 10.8. The third-order valence-corrected chi connectivity index (χ3v) is 2.90. The zero-order valence-electron chi connectivity index (χ0n) is 11.9. The lowest BCUT2D eigenvalue weighted by Gasteiger charge is -2.09. The highest BCUT2D eigenvalue weighted by molar-refractivity contribution is 5.87. The molecule has 0 aliphatic heterocycles. The van der Waals surface area contributed by atoms with Crippen molar-refractivity contribution in [3.63, 3.8) is 0 Å². The highest BCUT2D eigenvalue weighted by atomic mass is 16.5. The van der Waals surface area contributed by atoms with Gasteiger partial charge in [-0.15, -0.1) is 0 Å². The maximum Gasteiger partial charge on any atom is 0.335 e. The smallest absolute Gasteiger partial charge is 0.335 e. The van der Waals surface area contributed by atoms with Crippen LogP contribution in [0.3, 0.4) is 0 Å². The lowest BCUT2D eigenvalue weighted by Crippen LogP contribution is -2.05. The molecule has 1 N–H and O–H groups in total. The Kier molecular flexibility index (Phi) is 5.21. The maximum absolute atomic E-state index is 10.8. The van der Waals surface area contributed by atoms with Crippen LogP contribution in [0, 0.1) is 6.92 Å². The van der Waals surface area contributed by atoms with E-state index in [2.05, 4.69) is 0 Å². The Morgan fingerprint density at radius 1 is 1.00 bits per heavy atom. The fourth-order valence-corrected chi connectivity index (χ4v) is 1.86. The van der Waals surface area contributed by atoms with Crippen molar-refractivity contribution < 1.29 is 19.4 Å². The minimum Gasteiger partial charge on any atom is -0.493 e. The number of benzene rings is 2. The first kappa shape index (κ1) is 14.9. The second-order valence-corrected chi connectivity index (χ2v) is 4.70. The average molecular weight is 286 g/mol. The van der Waals surface area contributed by atoms with Crippen molar-refractivity contribution >= 4 is 5.97 Å². The molecule has 2 aromatic rings. The second-order valence-electron chi connectivity index (χ2n) is 4.70. The van der Waals surface area contributed by atoms with Crippen molar-refractivity contribution in [3.8, 4) is 11.5 Å². The van der Waals surface area contributed by atoms with E-state index in [9.17, 15) is 4.79 Å². The Bertz CT molecular complexity index is 607. The van der Waals surface area contributed by atoms with E-state index in [-0.39, 0.29) is 5.56 Å². The molecule has 2 aromatic carbocycles. The fraction of sp³-hybridized carbons (Fsp3) is 0.235. The molecule has 0 aliphatic carbocycles. The molecule has 0 bridgehead atoms. The van der Waals surface area contributed by atoms with Crippen LogP contribution >= 0.6 is 0 Å². The van der Waals surface area contributed by atoms with Gasteiger partial charge in [0.2, 0.25) is 0 Å². The quantitative estimate of drug-likeness (QED) is 0.791. The zero-order chi connectivity index (χ0) is 15.1. The fourth-order valence-electron chi connectivity index (χ4n) is 1.86. The maximum atomic E-state index is 10.8. The Morgan fingerprint density at radius 3 is 2.24 bits per heavy atom. The standard InChI is InChI=1S/C17H18O4/c1-13-5-2-7-15(11-13)20-9-4-10-21-16-8-3-6-14(12-16)17(18)19/h2-3,5-8,11-12H,4,9-10H2,1H3,(H,18,19). The van der Waals surface area contributed by atoms with Crippen molar-refractivity contribution in [3.05, 3.63) is 59.7 Å². The number of hydrogen-bond donors (Lipinski definition) is 1. The third kappa shape index (κ3) is 4.84. The van der Waals surface area contributed by atoms with Crippen LogP contribution in [0.4, 0.5) is 0 Å². The van der Waals surface area contributed by atoms with Gasteiger partial charge in [-0.05, 0) is 42.8 Å². The van der Waals surface area contributed by atoms with Gasteiger partial charge in [-0.1, -0.05) is 18.2 Å². The van der Waals surface area contributed by atoms with E-state index in [0.29, 0.717) is 19.0 Å². The van der Waals surface area contributed by atoms with Gasteiger partial charge in [0.25, 0.3) is 0 Å². The normalized spacial score (nSPS) is 10.1. The van der Waals surface area contributed by atoms with Crippen LogP contribution in [-0.2, 0) is 0 Å². The largest absolute Gasteiger partial charge is 0.493 e. The summed E-state index contributed by atoms with van der Waals surface area (Å²) < 4.78 is 11.1. The summed E-state index contributed by atoms with van der Waals surface area (Å²) in [5.41, 5.74) is 1.39. The minimum atomic E-state index is -0.955. The molecule has 0 radical (unpaired) electrons. The third-order valence-electron chi connectivity index (χ3n) is 2.90. The van der Waals surface area contributed by atoms with Gasteiger partial charge in [0, 0.05) is 6.42 Å². The molecular weight excluding hydrogens is 268 g/mol. The zero-order valence-corrected chi connectivity index (χ0v) is 11.9. The lowest BCUT2D eigenvalue weighted by molar-refractivity contribution is 0.0696. The summed E-state index contributed by atoms with van der Waals surface area (Å²) in [6, 6.07) is 14.3. The van der Waals surface area contributed by atoms with E-state index in [1.54, 1.807) is 12.1 Å². The molecule has 21 heavy (non-hydrogen) atoms. The highest BCUT2D eigenvalue weighted by Gasteiger charge is 2.03. The lowest BCUT2D eigenvalue weighted by atomic mass is 10.2. The van der Waals surface area contributed by atoms with Crippen LogP contribution in [0.15, 0.2) is 48.5 Å². The van der Waals surface area contributed by atoms with Crippen LogP contribution in [0.25, 0.3) is 0 Å². The molecule has 0 aliphatic rings. The molecule has 0 fully saturated rings. The average Bonchev–Trinajstić information content (AvgIpc) is 2.47. The van der Waals surface area contributed by atoms with Crippen LogP contribution in [-0.4, -0.2) is 24.3 Å². The van der Waals surface area contributed by atoms with Crippen molar-refractivity contribution in [2.45, 2.75) is 13.3 Å². The predicted octanol–water partition coefficient (Wildman–Crippen LogP) is 3.54. The SMILES string of the molecule is Cc1cccc(OCCCOc2cccc(C(=O)O)c2)c1. The van der Waals surface area contributed by atoms with Crippen molar-refractivity contribution in [2.24, 2.45) is 0 Å². The van der Waals surface area contributed by atoms with E-state index in [1.165, 1.54) is 12.1 Å². The number of carboxylic acid groups (broad SMARTS) is 1. The van der Waals surface area contributed by atoms with E-state index >= 15 is 0 Å². The molecule has 0 amide bonds. The van der Waals surface area contributed by atoms with Crippen molar-refractivity contribution in [1.82, 2.24) is 0 Å². The van der Waals surface area contributed by atoms with Gasteiger partial charge in [0.15, 0.2) is 0 Å². The first-order valence-corrected chi connectivity index (χ1v) is 6.81. The van der Waals surface area contributed by atoms with E-state index < -0.39 is 5.97 Å². The molecule has 2 rings (SSSR count). The Labute approximate surface area is 123 Å². The van der Waals surface area contributed by atoms with Gasteiger partial charge in [-0.3, -0.25) is 0 Å². The van der Waals surface area contributed by atoms with Crippen molar-refractivity contribution in [2.75, 3.05) is 13.2 Å². The molecule has 0 heterocycles.